The Bertz CT molecular complexity index is 578. The van der Waals surface area contributed by atoms with E-state index in [1.54, 1.807) is 23.2 Å². The number of amides is 1. The molecule has 3 rings (SSSR count). The van der Waals surface area contributed by atoms with Crippen LogP contribution in [-0.4, -0.2) is 66.3 Å². The van der Waals surface area contributed by atoms with E-state index in [1.165, 1.54) is 0 Å². The maximum absolute atomic E-state index is 12.5. The molecule has 0 saturated carbocycles. The average Bonchev–Trinajstić information content (AvgIpc) is 2.62. The average molecular weight is 319 g/mol. The molecule has 23 heavy (non-hydrogen) atoms. The summed E-state index contributed by atoms with van der Waals surface area (Å²) in [5, 5.41) is 9.06. The first-order valence-corrected chi connectivity index (χ1v) is 7.96. The Balaban J connectivity index is 1.68. The molecule has 3 heterocycles. The minimum atomic E-state index is -0.728. The number of carbonyl (C=O) groups is 2. The Morgan fingerprint density at radius 2 is 1.87 bits per heavy atom. The van der Waals surface area contributed by atoms with Crippen LogP contribution in [-0.2, 0) is 9.53 Å². The van der Waals surface area contributed by atoms with Crippen molar-refractivity contribution in [3.63, 3.8) is 0 Å². The van der Waals surface area contributed by atoms with Gasteiger partial charge < -0.3 is 19.6 Å². The topological polar surface area (TPSA) is 83.0 Å². The number of carboxylic acid groups (broad SMARTS) is 1. The summed E-state index contributed by atoms with van der Waals surface area (Å²) in [5.41, 5.74) is 0.622. The van der Waals surface area contributed by atoms with Gasteiger partial charge in [-0.25, -0.2) is 4.98 Å². The first kappa shape index (κ1) is 15.7. The predicted molar refractivity (Wildman–Crippen MR) is 83.5 cm³/mol. The molecule has 124 valence electrons. The number of aromatic nitrogens is 1. The number of carbonyl (C=O) groups excluding carboxylic acids is 1. The molecule has 2 aliphatic heterocycles. The molecule has 2 saturated heterocycles. The zero-order valence-electron chi connectivity index (χ0n) is 13.0. The first-order chi connectivity index (χ1) is 11.1. The molecule has 2 fully saturated rings. The molecular formula is C16H21N3O4. The monoisotopic (exact) mass is 319 g/mol. The van der Waals surface area contributed by atoms with Gasteiger partial charge in [-0.15, -0.1) is 0 Å². The van der Waals surface area contributed by atoms with Gasteiger partial charge in [0.05, 0.1) is 19.1 Å². The van der Waals surface area contributed by atoms with Gasteiger partial charge in [0.15, 0.2) is 0 Å². The minimum absolute atomic E-state index is 0.00243. The van der Waals surface area contributed by atoms with Crippen LogP contribution in [0.4, 0.5) is 5.82 Å². The van der Waals surface area contributed by atoms with Crippen LogP contribution in [0.2, 0.25) is 0 Å². The predicted octanol–water partition coefficient (Wildman–Crippen LogP) is 0.855. The summed E-state index contributed by atoms with van der Waals surface area (Å²) >= 11 is 0. The molecular weight excluding hydrogens is 298 g/mol. The van der Waals surface area contributed by atoms with Crippen LogP contribution in [0.3, 0.4) is 0 Å². The third kappa shape index (κ3) is 3.61. The van der Waals surface area contributed by atoms with Crippen molar-refractivity contribution in [2.45, 2.75) is 12.8 Å². The summed E-state index contributed by atoms with van der Waals surface area (Å²) < 4.78 is 5.27. The number of pyridine rings is 1. The molecule has 1 N–H and O–H groups in total. The fourth-order valence-corrected chi connectivity index (χ4v) is 3.03. The number of aliphatic carboxylic acids is 1. The second-order valence-corrected chi connectivity index (χ2v) is 5.91. The number of nitrogens with zero attached hydrogens (tertiary/aromatic N) is 3. The van der Waals surface area contributed by atoms with Crippen LogP contribution in [0.1, 0.15) is 23.2 Å². The SMILES string of the molecule is O=C(O)C1CCN(c2cc(C(=O)N3CCOCC3)ccn2)CC1. The Labute approximate surface area is 134 Å². The molecule has 1 amide bonds. The van der Waals surface area contributed by atoms with Crippen molar-refractivity contribution in [2.75, 3.05) is 44.3 Å². The minimum Gasteiger partial charge on any atom is -0.481 e. The summed E-state index contributed by atoms with van der Waals surface area (Å²) in [6, 6.07) is 3.53. The van der Waals surface area contributed by atoms with Gasteiger partial charge in [0.2, 0.25) is 0 Å². The highest BCUT2D eigenvalue weighted by Crippen LogP contribution is 2.23. The zero-order chi connectivity index (χ0) is 16.2. The van der Waals surface area contributed by atoms with E-state index >= 15 is 0 Å². The number of hydrogen-bond acceptors (Lipinski definition) is 5. The van der Waals surface area contributed by atoms with Crippen molar-refractivity contribution in [3.8, 4) is 0 Å². The van der Waals surface area contributed by atoms with Crippen molar-refractivity contribution in [2.24, 2.45) is 5.92 Å². The van der Waals surface area contributed by atoms with Crippen LogP contribution < -0.4 is 4.90 Å². The third-order valence-electron chi connectivity index (χ3n) is 4.46. The number of rotatable bonds is 3. The summed E-state index contributed by atoms with van der Waals surface area (Å²) in [5.74, 6) is -0.261. The van der Waals surface area contributed by atoms with Crippen molar-refractivity contribution in [3.05, 3.63) is 23.9 Å². The quantitative estimate of drug-likeness (QED) is 0.889. The van der Waals surface area contributed by atoms with E-state index in [4.69, 9.17) is 9.84 Å². The number of hydrogen-bond donors (Lipinski definition) is 1. The van der Waals surface area contributed by atoms with Gasteiger partial charge in [0.1, 0.15) is 5.82 Å². The molecule has 0 aliphatic carbocycles. The van der Waals surface area contributed by atoms with E-state index in [2.05, 4.69) is 9.88 Å². The van der Waals surface area contributed by atoms with Gasteiger partial charge in [-0.05, 0) is 25.0 Å². The fraction of sp³-hybridized carbons (Fsp3) is 0.562. The van der Waals surface area contributed by atoms with Crippen LogP contribution in [0.5, 0.6) is 0 Å². The first-order valence-electron chi connectivity index (χ1n) is 7.96. The maximum Gasteiger partial charge on any atom is 0.306 e. The van der Waals surface area contributed by atoms with Gasteiger partial charge >= 0.3 is 5.97 Å². The van der Waals surface area contributed by atoms with E-state index in [9.17, 15) is 9.59 Å². The van der Waals surface area contributed by atoms with E-state index in [0.717, 1.165) is 5.82 Å². The largest absolute Gasteiger partial charge is 0.481 e. The van der Waals surface area contributed by atoms with E-state index in [-0.39, 0.29) is 11.8 Å². The lowest BCUT2D eigenvalue weighted by atomic mass is 9.97. The maximum atomic E-state index is 12.5. The van der Waals surface area contributed by atoms with Crippen LogP contribution >= 0.6 is 0 Å². The van der Waals surface area contributed by atoms with E-state index < -0.39 is 5.97 Å². The van der Waals surface area contributed by atoms with Crippen molar-refractivity contribution >= 4 is 17.7 Å². The Hall–Kier alpha value is -2.15. The third-order valence-corrected chi connectivity index (χ3v) is 4.46. The Kier molecular flexibility index (Phi) is 4.76. The number of carboxylic acids is 1. The second kappa shape index (κ2) is 6.95. The lowest BCUT2D eigenvalue weighted by Gasteiger charge is -2.31. The van der Waals surface area contributed by atoms with Gasteiger partial charge in [-0.1, -0.05) is 0 Å². The molecule has 2 aliphatic rings. The summed E-state index contributed by atoms with van der Waals surface area (Å²) in [6.07, 6.45) is 2.86. The summed E-state index contributed by atoms with van der Waals surface area (Å²) in [4.78, 5) is 31.7. The van der Waals surface area contributed by atoms with Gasteiger partial charge in [0.25, 0.3) is 5.91 Å². The molecule has 0 unspecified atom stereocenters. The van der Waals surface area contributed by atoms with Crippen LogP contribution in [0, 0.1) is 5.92 Å². The van der Waals surface area contributed by atoms with E-state index in [1.807, 2.05) is 0 Å². The molecule has 0 aromatic carbocycles. The number of morpholine rings is 1. The highest BCUT2D eigenvalue weighted by Gasteiger charge is 2.26. The van der Waals surface area contributed by atoms with Crippen molar-refractivity contribution in [1.29, 1.82) is 0 Å². The summed E-state index contributed by atoms with van der Waals surface area (Å²) in [6.45, 7) is 3.68. The Morgan fingerprint density at radius 3 is 2.52 bits per heavy atom. The number of anilines is 1. The molecule has 7 nitrogen and oxygen atoms in total. The van der Waals surface area contributed by atoms with Crippen molar-refractivity contribution in [1.82, 2.24) is 9.88 Å². The molecule has 0 radical (unpaired) electrons. The lowest BCUT2D eigenvalue weighted by Crippen LogP contribution is -2.41. The molecule has 0 bridgehead atoms. The number of piperidine rings is 1. The normalized spacial score (nSPS) is 19.7. The van der Waals surface area contributed by atoms with Crippen molar-refractivity contribution < 1.29 is 19.4 Å². The standard InChI is InChI=1S/C16H21N3O4/c20-15(19-7-9-23-10-8-19)13-1-4-17-14(11-13)18-5-2-12(3-6-18)16(21)22/h1,4,11-12H,2-3,5-10H2,(H,21,22). The molecule has 1 aromatic heterocycles. The molecule has 0 atom stereocenters. The highest BCUT2D eigenvalue weighted by molar-refractivity contribution is 5.95. The second-order valence-electron chi connectivity index (χ2n) is 5.91. The van der Waals surface area contributed by atoms with Crippen LogP contribution in [0.25, 0.3) is 0 Å². The highest BCUT2D eigenvalue weighted by atomic mass is 16.5. The molecule has 7 heteroatoms. The lowest BCUT2D eigenvalue weighted by molar-refractivity contribution is -0.142. The smallest absolute Gasteiger partial charge is 0.306 e. The number of ether oxygens (including phenoxy) is 1. The van der Waals surface area contributed by atoms with Gasteiger partial charge in [0, 0.05) is 37.9 Å². The zero-order valence-corrected chi connectivity index (χ0v) is 13.0. The van der Waals surface area contributed by atoms with Gasteiger partial charge in [-0.3, -0.25) is 9.59 Å². The summed E-state index contributed by atoms with van der Waals surface area (Å²) in [7, 11) is 0. The van der Waals surface area contributed by atoms with E-state index in [0.29, 0.717) is 57.8 Å². The fourth-order valence-electron chi connectivity index (χ4n) is 3.03. The Morgan fingerprint density at radius 1 is 1.17 bits per heavy atom. The molecule has 0 spiro atoms. The van der Waals surface area contributed by atoms with Gasteiger partial charge in [-0.2, -0.15) is 0 Å². The molecule has 1 aromatic rings. The van der Waals surface area contributed by atoms with Crippen LogP contribution in [0.15, 0.2) is 18.3 Å².